The van der Waals surface area contributed by atoms with Crippen LogP contribution in [0.3, 0.4) is 0 Å². The van der Waals surface area contributed by atoms with E-state index in [0.717, 1.165) is 43.5 Å². The molecule has 3 heteroatoms. The van der Waals surface area contributed by atoms with Crippen molar-refractivity contribution in [3.8, 4) is 0 Å². The Kier molecular flexibility index (Phi) is 6.67. The molecule has 122 valence electrons. The maximum Gasteiger partial charge on any atom is 0.252 e. The fourth-order valence-corrected chi connectivity index (χ4v) is 2.88. The molecule has 1 aromatic rings. The summed E-state index contributed by atoms with van der Waals surface area (Å²) >= 11 is 0. The van der Waals surface area contributed by atoms with Crippen molar-refractivity contribution < 1.29 is 4.79 Å². The van der Waals surface area contributed by atoms with Gasteiger partial charge in [0.1, 0.15) is 0 Å². The van der Waals surface area contributed by atoms with Crippen LogP contribution in [0.2, 0.25) is 0 Å². The van der Waals surface area contributed by atoms with Crippen LogP contribution in [0, 0.1) is 0 Å². The number of amides is 1. The maximum absolute atomic E-state index is 12.8. The lowest BCUT2D eigenvalue weighted by Gasteiger charge is -2.26. The molecule has 0 atom stereocenters. The van der Waals surface area contributed by atoms with Gasteiger partial charge in [0, 0.05) is 30.9 Å². The second kappa shape index (κ2) is 8.99. The summed E-state index contributed by atoms with van der Waals surface area (Å²) in [5, 5.41) is 3.49. The van der Waals surface area contributed by atoms with Crippen molar-refractivity contribution >= 4 is 5.91 Å². The summed E-state index contributed by atoms with van der Waals surface area (Å²) in [6.45, 7) is 9.36. The van der Waals surface area contributed by atoms with E-state index in [2.05, 4.69) is 30.6 Å². The zero-order valence-electron chi connectivity index (χ0n) is 13.8. The minimum Gasteiger partial charge on any atom is -0.384 e. The number of hydrogen-bond donors (Lipinski definition) is 1. The van der Waals surface area contributed by atoms with E-state index in [4.69, 9.17) is 0 Å². The van der Waals surface area contributed by atoms with Crippen LogP contribution >= 0.6 is 0 Å². The van der Waals surface area contributed by atoms with Gasteiger partial charge in [-0.3, -0.25) is 4.79 Å². The van der Waals surface area contributed by atoms with E-state index in [9.17, 15) is 4.79 Å². The molecule has 1 aliphatic carbocycles. The number of rotatable bonds is 8. The average Bonchev–Trinajstić information content (AvgIpc) is 2.60. The van der Waals surface area contributed by atoms with Crippen LogP contribution in [0.1, 0.15) is 31.2 Å². The van der Waals surface area contributed by atoms with Gasteiger partial charge in [-0.2, -0.15) is 0 Å². The van der Waals surface area contributed by atoms with E-state index < -0.39 is 0 Å². The zero-order valence-corrected chi connectivity index (χ0v) is 13.8. The Labute approximate surface area is 139 Å². The lowest BCUT2D eigenvalue weighted by molar-refractivity contribution is -0.126. The van der Waals surface area contributed by atoms with Crippen LogP contribution in [0.5, 0.6) is 0 Å². The van der Waals surface area contributed by atoms with Crippen LogP contribution in [-0.4, -0.2) is 23.9 Å². The van der Waals surface area contributed by atoms with E-state index in [1.54, 1.807) is 17.1 Å². The summed E-state index contributed by atoms with van der Waals surface area (Å²) in [4.78, 5) is 14.6. The summed E-state index contributed by atoms with van der Waals surface area (Å²) in [6.07, 6.45) is 7.54. The minimum atomic E-state index is 0.111. The van der Waals surface area contributed by atoms with Crippen molar-refractivity contribution in [2.75, 3.05) is 13.1 Å². The van der Waals surface area contributed by atoms with Gasteiger partial charge in [0.05, 0.1) is 0 Å². The third-order valence-electron chi connectivity index (χ3n) is 4.06. The Bertz CT molecular complexity index is 565. The monoisotopic (exact) mass is 310 g/mol. The number of carbonyl (C=O) groups is 1. The van der Waals surface area contributed by atoms with Gasteiger partial charge in [-0.25, -0.2) is 0 Å². The fraction of sp³-hybridized carbons (Fsp3) is 0.350. The zero-order chi connectivity index (χ0) is 16.5. The largest absolute Gasteiger partial charge is 0.384 e. The molecule has 0 saturated heterocycles. The molecule has 0 fully saturated rings. The molecule has 1 aliphatic rings. The van der Waals surface area contributed by atoms with Crippen molar-refractivity contribution in [3.63, 3.8) is 0 Å². The van der Waals surface area contributed by atoms with Crippen molar-refractivity contribution in [2.24, 2.45) is 0 Å². The molecule has 0 spiro atoms. The number of hydrogen-bond acceptors (Lipinski definition) is 2. The van der Waals surface area contributed by atoms with E-state index >= 15 is 0 Å². The van der Waals surface area contributed by atoms with Crippen LogP contribution in [-0.2, 0) is 11.3 Å². The van der Waals surface area contributed by atoms with Gasteiger partial charge in [0.25, 0.3) is 5.91 Å². The minimum absolute atomic E-state index is 0.111. The Balaban J connectivity index is 2.13. The third kappa shape index (κ3) is 4.85. The highest BCUT2D eigenvalue weighted by atomic mass is 16.2. The molecule has 0 aromatic heterocycles. The third-order valence-corrected chi connectivity index (χ3v) is 4.06. The summed E-state index contributed by atoms with van der Waals surface area (Å²) in [5.41, 5.74) is 3.26. The molecular weight excluding hydrogens is 284 g/mol. The topological polar surface area (TPSA) is 32.3 Å². The first kappa shape index (κ1) is 17.1. The molecule has 0 heterocycles. The fourth-order valence-electron chi connectivity index (χ4n) is 2.88. The molecule has 0 saturated carbocycles. The van der Waals surface area contributed by atoms with Crippen LogP contribution in [0.15, 0.2) is 66.9 Å². The Morgan fingerprint density at radius 3 is 2.39 bits per heavy atom. The van der Waals surface area contributed by atoms with E-state index in [0.29, 0.717) is 13.1 Å². The molecule has 1 aromatic carbocycles. The second-order valence-electron chi connectivity index (χ2n) is 5.79. The van der Waals surface area contributed by atoms with Crippen molar-refractivity contribution in [3.05, 3.63) is 72.5 Å². The highest BCUT2D eigenvalue weighted by Crippen LogP contribution is 2.25. The smallest absolute Gasteiger partial charge is 0.252 e. The molecule has 1 amide bonds. The molecule has 23 heavy (non-hydrogen) atoms. The highest BCUT2D eigenvalue weighted by Gasteiger charge is 2.22. The summed E-state index contributed by atoms with van der Waals surface area (Å²) in [5.74, 6) is 0.111. The Morgan fingerprint density at radius 1 is 1.09 bits per heavy atom. The van der Waals surface area contributed by atoms with Crippen molar-refractivity contribution in [1.82, 2.24) is 10.2 Å². The summed E-state index contributed by atoms with van der Waals surface area (Å²) in [7, 11) is 0. The lowest BCUT2D eigenvalue weighted by Crippen LogP contribution is -2.35. The maximum atomic E-state index is 12.8. The summed E-state index contributed by atoms with van der Waals surface area (Å²) < 4.78 is 0. The predicted molar refractivity (Wildman–Crippen MR) is 95.7 cm³/mol. The number of nitrogens with zero attached hydrogens (tertiary/aromatic N) is 1. The molecule has 0 radical (unpaired) electrons. The normalized spacial score (nSPS) is 14.3. The first-order valence-corrected chi connectivity index (χ1v) is 8.27. The second-order valence-corrected chi connectivity index (χ2v) is 5.79. The molecule has 0 unspecified atom stereocenters. The van der Waals surface area contributed by atoms with Gasteiger partial charge in [-0.15, -0.1) is 13.2 Å². The number of allylic oxidation sites excluding steroid dienone is 1. The van der Waals surface area contributed by atoms with Gasteiger partial charge in [0.2, 0.25) is 0 Å². The number of nitrogens with one attached hydrogen (secondary N) is 1. The molecule has 0 bridgehead atoms. The van der Waals surface area contributed by atoms with Crippen LogP contribution < -0.4 is 5.32 Å². The average molecular weight is 310 g/mol. The molecule has 3 nitrogen and oxygen atoms in total. The van der Waals surface area contributed by atoms with Gasteiger partial charge in [0.15, 0.2) is 0 Å². The first-order valence-electron chi connectivity index (χ1n) is 8.27. The van der Waals surface area contributed by atoms with E-state index in [1.165, 1.54) is 5.56 Å². The summed E-state index contributed by atoms with van der Waals surface area (Å²) in [6, 6.07) is 10.3. The standard InChI is InChI=1S/C20H26N2O/c1-3-14-22(15-4-2)20(23)18-12-8-9-13-19(18)21-16-17-10-6-5-7-11-17/h3-7,10-11,21H,1-2,8-9,12-16H2. The van der Waals surface area contributed by atoms with Crippen molar-refractivity contribution in [2.45, 2.75) is 32.2 Å². The molecule has 0 aliphatic heterocycles. The number of benzene rings is 1. The van der Waals surface area contributed by atoms with Gasteiger partial charge >= 0.3 is 0 Å². The van der Waals surface area contributed by atoms with Crippen LogP contribution in [0.4, 0.5) is 0 Å². The molecule has 1 N–H and O–H groups in total. The lowest BCUT2D eigenvalue weighted by atomic mass is 9.94. The van der Waals surface area contributed by atoms with E-state index in [1.807, 2.05) is 18.2 Å². The van der Waals surface area contributed by atoms with Gasteiger partial charge in [-0.1, -0.05) is 42.5 Å². The quantitative estimate of drug-likeness (QED) is 0.741. The van der Waals surface area contributed by atoms with E-state index in [-0.39, 0.29) is 5.91 Å². The number of carbonyl (C=O) groups excluding carboxylic acids is 1. The van der Waals surface area contributed by atoms with Crippen molar-refractivity contribution in [1.29, 1.82) is 0 Å². The van der Waals surface area contributed by atoms with Crippen LogP contribution in [0.25, 0.3) is 0 Å². The SMILES string of the molecule is C=CCN(CC=C)C(=O)C1=C(NCc2ccccc2)CCCC1. The van der Waals surface area contributed by atoms with Gasteiger partial charge < -0.3 is 10.2 Å². The Hall–Kier alpha value is -2.29. The molecule has 2 rings (SSSR count). The molecular formula is C20H26N2O. The van der Waals surface area contributed by atoms with Gasteiger partial charge in [-0.05, 0) is 31.2 Å². The predicted octanol–water partition coefficient (Wildman–Crippen LogP) is 3.80. The first-order chi connectivity index (χ1) is 11.3. The Morgan fingerprint density at radius 2 is 1.74 bits per heavy atom. The highest BCUT2D eigenvalue weighted by molar-refractivity contribution is 5.94.